The summed E-state index contributed by atoms with van der Waals surface area (Å²) in [7, 11) is 1.76. The van der Waals surface area contributed by atoms with Crippen LogP contribution in [0.5, 0.6) is 0 Å². The van der Waals surface area contributed by atoms with Crippen LogP contribution >= 0.6 is 15.9 Å². The summed E-state index contributed by atoms with van der Waals surface area (Å²) in [5.41, 5.74) is 1.05. The molecular formula is C17H22BrNO. The maximum atomic E-state index is 5.48. The number of fused-ring (bicyclic) bond motifs is 1. The summed E-state index contributed by atoms with van der Waals surface area (Å²) in [6.07, 6.45) is 0.960. The van der Waals surface area contributed by atoms with Crippen molar-refractivity contribution in [3.8, 4) is 0 Å². The molecule has 0 bridgehead atoms. The standard InChI is InChI=1S/C17H22BrNO/c1-12(11-17(2,3)20-4)19-16-8-6-13-9-15(18)7-5-14(13)10-16/h5-10,12,19H,11H2,1-4H3. The van der Waals surface area contributed by atoms with Crippen molar-refractivity contribution in [3.05, 3.63) is 40.9 Å². The highest BCUT2D eigenvalue weighted by atomic mass is 79.9. The molecule has 2 aromatic carbocycles. The number of anilines is 1. The third-order valence-electron chi connectivity index (χ3n) is 3.57. The SMILES string of the molecule is COC(C)(C)CC(C)Nc1ccc2cc(Br)ccc2c1. The number of nitrogens with one attached hydrogen (secondary N) is 1. The molecule has 20 heavy (non-hydrogen) atoms. The topological polar surface area (TPSA) is 21.3 Å². The number of halogens is 1. The Bertz CT molecular complexity index is 595. The highest BCUT2D eigenvalue weighted by Gasteiger charge is 2.19. The molecule has 0 aromatic heterocycles. The molecule has 2 nitrogen and oxygen atoms in total. The first-order valence-electron chi connectivity index (χ1n) is 6.91. The van der Waals surface area contributed by atoms with Crippen molar-refractivity contribution < 1.29 is 4.74 Å². The van der Waals surface area contributed by atoms with Crippen LogP contribution in [0.25, 0.3) is 10.8 Å². The zero-order chi connectivity index (χ0) is 14.8. The van der Waals surface area contributed by atoms with Crippen LogP contribution < -0.4 is 5.32 Å². The largest absolute Gasteiger partial charge is 0.382 e. The Morgan fingerprint density at radius 3 is 2.50 bits per heavy atom. The number of hydrogen-bond donors (Lipinski definition) is 1. The number of hydrogen-bond acceptors (Lipinski definition) is 2. The molecule has 0 aliphatic rings. The van der Waals surface area contributed by atoms with Gasteiger partial charge in [0.15, 0.2) is 0 Å². The van der Waals surface area contributed by atoms with E-state index in [1.54, 1.807) is 7.11 Å². The predicted octanol–water partition coefficient (Wildman–Crippen LogP) is 5.22. The molecule has 0 saturated carbocycles. The monoisotopic (exact) mass is 335 g/mol. The summed E-state index contributed by atoms with van der Waals surface area (Å²) in [5.74, 6) is 0. The van der Waals surface area contributed by atoms with Gasteiger partial charge in [0, 0.05) is 23.3 Å². The van der Waals surface area contributed by atoms with Gasteiger partial charge in [0.1, 0.15) is 0 Å². The fourth-order valence-corrected chi connectivity index (χ4v) is 2.84. The van der Waals surface area contributed by atoms with E-state index in [2.05, 4.69) is 78.4 Å². The molecule has 3 heteroatoms. The van der Waals surface area contributed by atoms with Gasteiger partial charge >= 0.3 is 0 Å². The molecule has 1 N–H and O–H groups in total. The van der Waals surface area contributed by atoms with Gasteiger partial charge in [-0.25, -0.2) is 0 Å². The van der Waals surface area contributed by atoms with Crippen LogP contribution in [0, 0.1) is 0 Å². The van der Waals surface area contributed by atoms with Crippen LogP contribution in [0.4, 0.5) is 5.69 Å². The normalized spacial score (nSPS) is 13.4. The molecule has 0 aliphatic heterocycles. The van der Waals surface area contributed by atoms with E-state index in [9.17, 15) is 0 Å². The van der Waals surface area contributed by atoms with Crippen molar-refractivity contribution in [2.24, 2.45) is 0 Å². The third-order valence-corrected chi connectivity index (χ3v) is 4.06. The Balaban J connectivity index is 2.12. The smallest absolute Gasteiger partial charge is 0.0642 e. The molecule has 2 rings (SSSR count). The molecule has 2 aromatic rings. The van der Waals surface area contributed by atoms with Crippen molar-refractivity contribution in [2.75, 3.05) is 12.4 Å². The fraction of sp³-hybridized carbons (Fsp3) is 0.412. The van der Waals surface area contributed by atoms with Crippen LogP contribution in [-0.2, 0) is 4.74 Å². The van der Waals surface area contributed by atoms with E-state index in [1.165, 1.54) is 10.8 Å². The minimum absolute atomic E-state index is 0.103. The number of rotatable bonds is 5. The van der Waals surface area contributed by atoms with E-state index in [1.807, 2.05) is 0 Å². The lowest BCUT2D eigenvalue weighted by Crippen LogP contribution is -2.31. The molecule has 0 spiro atoms. The minimum atomic E-state index is -0.103. The number of methoxy groups -OCH3 is 1. The van der Waals surface area contributed by atoms with Crippen LogP contribution in [-0.4, -0.2) is 18.8 Å². The van der Waals surface area contributed by atoms with E-state index in [0.29, 0.717) is 6.04 Å². The molecule has 0 aliphatic carbocycles. The van der Waals surface area contributed by atoms with Crippen LogP contribution in [0.2, 0.25) is 0 Å². The molecular weight excluding hydrogens is 314 g/mol. The molecule has 108 valence electrons. The molecule has 1 unspecified atom stereocenters. The highest BCUT2D eigenvalue weighted by Crippen LogP contribution is 2.24. The predicted molar refractivity (Wildman–Crippen MR) is 90.4 cm³/mol. The second-order valence-electron chi connectivity index (χ2n) is 5.92. The minimum Gasteiger partial charge on any atom is -0.382 e. The lowest BCUT2D eigenvalue weighted by Gasteiger charge is -2.27. The van der Waals surface area contributed by atoms with Crippen LogP contribution in [0.3, 0.4) is 0 Å². The van der Waals surface area contributed by atoms with Crippen molar-refractivity contribution >= 4 is 32.4 Å². The van der Waals surface area contributed by atoms with Crippen molar-refractivity contribution in [3.63, 3.8) is 0 Å². The zero-order valence-electron chi connectivity index (χ0n) is 12.5. The summed E-state index contributed by atoms with van der Waals surface area (Å²) >= 11 is 3.50. The molecule has 0 heterocycles. The van der Waals surface area contributed by atoms with E-state index in [0.717, 1.165) is 16.6 Å². The van der Waals surface area contributed by atoms with Crippen LogP contribution in [0.1, 0.15) is 27.2 Å². The maximum absolute atomic E-state index is 5.48. The van der Waals surface area contributed by atoms with Gasteiger partial charge in [0.25, 0.3) is 0 Å². The lowest BCUT2D eigenvalue weighted by molar-refractivity contribution is 0.0128. The molecule has 0 fully saturated rings. The first-order chi connectivity index (χ1) is 9.39. The summed E-state index contributed by atoms with van der Waals surface area (Å²) in [5, 5.41) is 6.04. The Kier molecular flexibility index (Phi) is 4.71. The van der Waals surface area contributed by atoms with E-state index in [-0.39, 0.29) is 5.60 Å². The first kappa shape index (κ1) is 15.3. The van der Waals surface area contributed by atoms with Gasteiger partial charge in [-0.05, 0) is 62.2 Å². The average Bonchev–Trinajstić information content (AvgIpc) is 2.38. The van der Waals surface area contributed by atoms with Gasteiger partial charge in [0.2, 0.25) is 0 Å². The van der Waals surface area contributed by atoms with Gasteiger partial charge in [-0.2, -0.15) is 0 Å². The van der Waals surface area contributed by atoms with Gasteiger partial charge in [-0.15, -0.1) is 0 Å². The van der Waals surface area contributed by atoms with Gasteiger partial charge < -0.3 is 10.1 Å². The summed E-state index contributed by atoms with van der Waals surface area (Å²) in [4.78, 5) is 0. The van der Waals surface area contributed by atoms with Gasteiger partial charge in [-0.3, -0.25) is 0 Å². The second kappa shape index (κ2) is 6.15. The van der Waals surface area contributed by atoms with Crippen molar-refractivity contribution in [1.29, 1.82) is 0 Å². The van der Waals surface area contributed by atoms with Gasteiger partial charge in [-0.1, -0.05) is 28.1 Å². The summed E-state index contributed by atoms with van der Waals surface area (Å²) in [6, 6.07) is 13.2. The molecule has 0 saturated heterocycles. The zero-order valence-corrected chi connectivity index (χ0v) is 14.1. The Morgan fingerprint density at radius 1 is 1.15 bits per heavy atom. The van der Waals surface area contributed by atoms with Crippen molar-refractivity contribution in [2.45, 2.75) is 38.8 Å². The Morgan fingerprint density at radius 2 is 1.80 bits per heavy atom. The molecule has 0 radical (unpaired) electrons. The first-order valence-corrected chi connectivity index (χ1v) is 7.70. The maximum Gasteiger partial charge on any atom is 0.0642 e. The Hall–Kier alpha value is -1.06. The van der Waals surface area contributed by atoms with E-state index >= 15 is 0 Å². The molecule has 0 amide bonds. The van der Waals surface area contributed by atoms with Crippen molar-refractivity contribution in [1.82, 2.24) is 0 Å². The quantitative estimate of drug-likeness (QED) is 0.808. The average molecular weight is 336 g/mol. The lowest BCUT2D eigenvalue weighted by atomic mass is 9.99. The fourth-order valence-electron chi connectivity index (χ4n) is 2.46. The highest BCUT2D eigenvalue weighted by molar-refractivity contribution is 9.10. The number of benzene rings is 2. The summed E-state index contributed by atoms with van der Waals surface area (Å²) < 4.78 is 6.60. The van der Waals surface area contributed by atoms with E-state index < -0.39 is 0 Å². The molecule has 1 atom stereocenters. The Labute approximate surface area is 129 Å². The van der Waals surface area contributed by atoms with E-state index in [4.69, 9.17) is 4.74 Å². The van der Waals surface area contributed by atoms with Crippen LogP contribution in [0.15, 0.2) is 40.9 Å². The summed E-state index contributed by atoms with van der Waals surface area (Å²) in [6.45, 7) is 6.42. The second-order valence-corrected chi connectivity index (χ2v) is 6.84. The number of ether oxygens (including phenoxy) is 1. The van der Waals surface area contributed by atoms with Gasteiger partial charge in [0.05, 0.1) is 5.60 Å². The third kappa shape index (κ3) is 3.97.